The molecule has 0 aliphatic carbocycles. The van der Waals surface area contributed by atoms with Gasteiger partial charge in [-0.1, -0.05) is 0 Å². The smallest absolute Gasteiger partial charge is 0.246 e. The number of hydrogen-bond donors (Lipinski definition) is 2. The van der Waals surface area contributed by atoms with E-state index in [9.17, 15) is 9.59 Å². The molecule has 7 nitrogen and oxygen atoms in total. The van der Waals surface area contributed by atoms with Gasteiger partial charge in [-0.05, 0) is 38.6 Å². The van der Waals surface area contributed by atoms with Gasteiger partial charge in [-0.2, -0.15) is 5.10 Å². The quantitative estimate of drug-likeness (QED) is 0.771. The summed E-state index contributed by atoms with van der Waals surface area (Å²) in [6.45, 7) is 5.15. The topological polar surface area (TPSA) is 81.3 Å². The van der Waals surface area contributed by atoms with Gasteiger partial charge in [0.25, 0.3) is 0 Å². The average Bonchev–Trinajstić information content (AvgIpc) is 3.03. The first-order chi connectivity index (χ1) is 12.6. The molecule has 0 saturated carbocycles. The molecule has 7 heteroatoms. The number of piperidine rings is 3. The van der Waals surface area contributed by atoms with E-state index in [1.54, 1.807) is 0 Å². The summed E-state index contributed by atoms with van der Waals surface area (Å²) >= 11 is 0. The molecule has 2 amide bonds. The molecule has 1 aromatic rings. The summed E-state index contributed by atoms with van der Waals surface area (Å²) in [4.78, 5) is 30.3. The highest BCUT2D eigenvalue weighted by Gasteiger charge is 2.51. The predicted octanol–water partition coefficient (Wildman–Crippen LogP) is 0.592. The molecule has 4 aliphatic heterocycles. The zero-order valence-electron chi connectivity index (χ0n) is 15.3. The fraction of sp³-hybridized carbons (Fsp3) is 0.737. The second-order valence-corrected chi connectivity index (χ2v) is 8.40. The Morgan fingerprint density at radius 3 is 2.96 bits per heavy atom. The Balaban J connectivity index is 1.44. The van der Waals surface area contributed by atoms with E-state index >= 15 is 0 Å². The summed E-state index contributed by atoms with van der Waals surface area (Å²) in [6.07, 6.45) is 4.46. The van der Waals surface area contributed by atoms with Gasteiger partial charge in [0.05, 0.1) is 5.69 Å². The van der Waals surface area contributed by atoms with Crippen molar-refractivity contribution in [2.24, 2.45) is 11.8 Å². The third kappa shape index (κ3) is 2.40. The molecule has 4 atom stereocenters. The van der Waals surface area contributed by atoms with Crippen molar-refractivity contribution in [2.75, 3.05) is 19.6 Å². The summed E-state index contributed by atoms with van der Waals surface area (Å²) in [7, 11) is 0. The van der Waals surface area contributed by atoms with Crippen molar-refractivity contribution in [1.29, 1.82) is 0 Å². The highest BCUT2D eigenvalue weighted by Crippen LogP contribution is 2.40. The first kappa shape index (κ1) is 16.3. The molecular weight excluding hydrogens is 330 g/mol. The fourth-order valence-corrected chi connectivity index (χ4v) is 5.64. The van der Waals surface area contributed by atoms with Gasteiger partial charge >= 0.3 is 0 Å². The fourth-order valence-electron chi connectivity index (χ4n) is 5.64. The van der Waals surface area contributed by atoms with Crippen LogP contribution in [0.2, 0.25) is 0 Å². The van der Waals surface area contributed by atoms with E-state index in [1.807, 2.05) is 16.7 Å². The number of aromatic amines is 1. The van der Waals surface area contributed by atoms with Crippen LogP contribution in [0.1, 0.15) is 42.6 Å². The van der Waals surface area contributed by atoms with Crippen LogP contribution in [0.4, 0.5) is 0 Å². The zero-order chi connectivity index (χ0) is 17.8. The van der Waals surface area contributed by atoms with Crippen LogP contribution in [-0.2, 0) is 22.6 Å². The second kappa shape index (κ2) is 6.08. The van der Waals surface area contributed by atoms with E-state index in [0.717, 1.165) is 55.7 Å². The number of H-pyrrole nitrogens is 1. The van der Waals surface area contributed by atoms with Gasteiger partial charge in [0.1, 0.15) is 6.04 Å². The first-order valence-corrected chi connectivity index (χ1v) is 9.97. The lowest BCUT2D eigenvalue weighted by Crippen LogP contribution is -2.68. The van der Waals surface area contributed by atoms with Gasteiger partial charge in [0, 0.05) is 55.7 Å². The second-order valence-electron chi connectivity index (χ2n) is 8.40. The third-order valence-electron chi connectivity index (χ3n) is 6.94. The Morgan fingerprint density at radius 2 is 2.08 bits per heavy atom. The van der Waals surface area contributed by atoms with Gasteiger partial charge < -0.3 is 15.1 Å². The van der Waals surface area contributed by atoms with Gasteiger partial charge in [-0.25, -0.2) is 0 Å². The number of fused-ring (bicyclic) bond motifs is 5. The van der Waals surface area contributed by atoms with Crippen molar-refractivity contribution in [2.45, 2.75) is 57.7 Å². The highest BCUT2D eigenvalue weighted by atomic mass is 16.2. The Kier molecular flexibility index (Phi) is 3.81. The lowest BCUT2D eigenvalue weighted by Gasteiger charge is -2.54. The summed E-state index contributed by atoms with van der Waals surface area (Å²) in [5.41, 5.74) is 3.29. The van der Waals surface area contributed by atoms with Crippen LogP contribution in [0.3, 0.4) is 0 Å². The van der Waals surface area contributed by atoms with Crippen LogP contribution in [-0.4, -0.2) is 63.5 Å². The van der Waals surface area contributed by atoms with E-state index in [1.165, 1.54) is 0 Å². The van der Waals surface area contributed by atoms with E-state index in [-0.39, 0.29) is 29.8 Å². The largest absolute Gasteiger partial charge is 0.336 e. The van der Waals surface area contributed by atoms with Crippen molar-refractivity contribution in [3.8, 4) is 0 Å². The molecule has 5 heterocycles. The van der Waals surface area contributed by atoms with Crippen LogP contribution in [0.5, 0.6) is 0 Å². The zero-order valence-corrected chi connectivity index (χ0v) is 15.3. The van der Waals surface area contributed by atoms with Crippen LogP contribution in [0.25, 0.3) is 0 Å². The number of rotatable bonds is 1. The minimum absolute atomic E-state index is 0.142. The van der Waals surface area contributed by atoms with Crippen molar-refractivity contribution in [3.63, 3.8) is 0 Å². The van der Waals surface area contributed by atoms with Gasteiger partial charge in [0.15, 0.2) is 0 Å². The normalized spacial score (nSPS) is 33.7. The summed E-state index contributed by atoms with van der Waals surface area (Å²) in [5.74, 6) is 1.08. The van der Waals surface area contributed by atoms with E-state index in [2.05, 4.69) is 15.5 Å². The van der Waals surface area contributed by atoms with Crippen LogP contribution >= 0.6 is 0 Å². The number of amides is 2. The molecule has 3 fully saturated rings. The number of nitrogens with one attached hydrogen (secondary N) is 2. The summed E-state index contributed by atoms with van der Waals surface area (Å²) in [5, 5.41) is 10.9. The highest BCUT2D eigenvalue weighted by molar-refractivity contribution is 5.89. The maximum atomic E-state index is 13.6. The minimum atomic E-state index is -0.286. The van der Waals surface area contributed by atoms with Crippen molar-refractivity contribution >= 4 is 11.8 Å². The standard InChI is InChI=1S/C19H27N5O2/c1-11-14-10-23(6-5-15(14)22-21-11)19(26)18-13-7-12(8-20-9-13)16-3-2-4-17(25)24(16)18/h12-13,16,18,20H,2-10H2,1H3,(H,21,22)/t12-,13+,16+,18-/m1/s1. The molecule has 0 aromatic carbocycles. The monoisotopic (exact) mass is 357 g/mol. The Morgan fingerprint density at radius 1 is 1.23 bits per heavy atom. The van der Waals surface area contributed by atoms with E-state index in [0.29, 0.717) is 25.4 Å². The molecule has 5 rings (SSSR count). The Labute approximate surface area is 153 Å². The Hall–Kier alpha value is -1.89. The van der Waals surface area contributed by atoms with E-state index in [4.69, 9.17) is 0 Å². The van der Waals surface area contributed by atoms with Crippen LogP contribution in [0, 0.1) is 18.8 Å². The molecule has 2 N–H and O–H groups in total. The molecule has 2 bridgehead atoms. The number of hydrogen-bond acceptors (Lipinski definition) is 4. The first-order valence-electron chi connectivity index (χ1n) is 9.97. The number of nitrogens with zero attached hydrogens (tertiary/aromatic N) is 3. The maximum absolute atomic E-state index is 13.6. The van der Waals surface area contributed by atoms with Crippen molar-refractivity contribution in [3.05, 3.63) is 17.0 Å². The van der Waals surface area contributed by atoms with Gasteiger partial charge in [-0.15, -0.1) is 0 Å². The Bertz CT molecular complexity index is 744. The molecule has 3 saturated heterocycles. The van der Waals surface area contributed by atoms with Gasteiger partial charge in [0.2, 0.25) is 11.8 Å². The molecule has 140 valence electrons. The molecule has 1 aromatic heterocycles. The number of aromatic nitrogens is 2. The van der Waals surface area contributed by atoms with Crippen molar-refractivity contribution in [1.82, 2.24) is 25.3 Å². The number of carbonyl (C=O) groups is 2. The van der Waals surface area contributed by atoms with Gasteiger partial charge in [-0.3, -0.25) is 14.7 Å². The van der Waals surface area contributed by atoms with E-state index < -0.39 is 0 Å². The summed E-state index contributed by atoms with van der Waals surface area (Å²) < 4.78 is 0. The minimum Gasteiger partial charge on any atom is -0.336 e. The number of carbonyl (C=O) groups excluding carboxylic acids is 2. The molecule has 4 aliphatic rings. The lowest BCUT2D eigenvalue weighted by molar-refractivity contribution is -0.162. The average molecular weight is 357 g/mol. The molecule has 0 spiro atoms. The summed E-state index contributed by atoms with van der Waals surface area (Å²) in [6, 6.07) is -0.0455. The van der Waals surface area contributed by atoms with Crippen LogP contribution < -0.4 is 5.32 Å². The molecule has 0 unspecified atom stereocenters. The molecule has 0 radical (unpaired) electrons. The maximum Gasteiger partial charge on any atom is 0.246 e. The third-order valence-corrected chi connectivity index (χ3v) is 6.94. The molecule has 26 heavy (non-hydrogen) atoms. The van der Waals surface area contributed by atoms with Crippen molar-refractivity contribution < 1.29 is 9.59 Å². The number of aryl methyl sites for hydroxylation is 1. The van der Waals surface area contributed by atoms with Crippen LogP contribution in [0.15, 0.2) is 0 Å². The SMILES string of the molecule is Cc1[nH]nc2c1CN(C(=O)[C@H]1[C@@H]3CNC[C@@H](C3)[C@@H]3CCCC(=O)N31)CC2. The lowest BCUT2D eigenvalue weighted by atomic mass is 9.72. The predicted molar refractivity (Wildman–Crippen MR) is 95.2 cm³/mol. The molecular formula is C19H27N5O2.